The lowest BCUT2D eigenvalue weighted by Gasteiger charge is -2.10. The Kier molecular flexibility index (Phi) is 4.61. The molecule has 126 valence electrons. The van der Waals surface area contributed by atoms with Gasteiger partial charge in [-0.2, -0.15) is 0 Å². The number of ether oxygens (including phenoxy) is 1. The van der Waals surface area contributed by atoms with Crippen LogP contribution in [0.1, 0.15) is 22.4 Å². The normalized spacial score (nSPS) is 13.5. The van der Waals surface area contributed by atoms with Crippen molar-refractivity contribution in [1.82, 2.24) is 9.71 Å². The predicted molar refractivity (Wildman–Crippen MR) is 89.2 cm³/mol. The molecule has 0 radical (unpaired) electrons. The van der Waals surface area contributed by atoms with E-state index in [1.54, 1.807) is 36.5 Å². The molecule has 0 amide bonds. The predicted octanol–water partition coefficient (Wildman–Crippen LogP) is 0.962. The van der Waals surface area contributed by atoms with Crippen molar-refractivity contribution in [2.45, 2.75) is 19.7 Å². The number of nitrogens with one attached hydrogen (secondary N) is 1. The SMILES string of the molecule is COc1cc(CO)cc(CNS(=O)(=O)C2=NCc3ncccc32)c1. The maximum absolute atomic E-state index is 12.5. The highest BCUT2D eigenvalue weighted by Crippen LogP contribution is 2.20. The van der Waals surface area contributed by atoms with Crippen LogP contribution in [0.3, 0.4) is 0 Å². The fourth-order valence-corrected chi connectivity index (χ4v) is 3.71. The highest BCUT2D eigenvalue weighted by Gasteiger charge is 2.27. The van der Waals surface area contributed by atoms with Crippen molar-refractivity contribution in [3.05, 3.63) is 58.9 Å². The van der Waals surface area contributed by atoms with Crippen molar-refractivity contribution in [1.29, 1.82) is 0 Å². The molecule has 1 aromatic carbocycles. The molecule has 24 heavy (non-hydrogen) atoms. The summed E-state index contributed by atoms with van der Waals surface area (Å²) < 4.78 is 32.7. The van der Waals surface area contributed by atoms with E-state index >= 15 is 0 Å². The molecule has 7 nitrogen and oxygen atoms in total. The fourth-order valence-electron chi connectivity index (χ4n) is 2.51. The number of pyridine rings is 1. The molecule has 1 aliphatic heterocycles. The molecule has 2 N–H and O–H groups in total. The van der Waals surface area contributed by atoms with Crippen LogP contribution in [0.2, 0.25) is 0 Å². The monoisotopic (exact) mass is 347 g/mol. The van der Waals surface area contributed by atoms with Gasteiger partial charge in [0.2, 0.25) is 0 Å². The van der Waals surface area contributed by atoms with Crippen LogP contribution in [0.25, 0.3) is 0 Å². The molecule has 1 aromatic heterocycles. The Hall–Kier alpha value is -2.29. The van der Waals surface area contributed by atoms with Crippen LogP contribution < -0.4 is 9.46 Å². The number of aromatic nitrogens is 1. The molecular formula is C16H17N3O4S. The minimum atomic E-state index is -3.75. The van der Waals surface area contributed by atoms with E-state index in [4.69, 9.17) is 4.74 Å². The minimum Gasteiger partial charge on any atom is -0.497 e. The summed E-state index contributed by atoms with van der Waals surface area (Å²) in [6, 6.07) is 8.51. The van der Waals surface area contributed by atoms with E-state index in [-0.39, 0.29) is 24.7 Å². The Morgan fingerprint density at radius 3 is 2.83 bits per heavy atom. The average molecular weight is 347 g/mol. The lowest BCUT2D eigenvalue weighted by atomic mass is 10.1. The van der Waals surface area contributed by atoms with Gasteiger partial charge in [-0.15, -0.1) is 0 Å². The third kappa shape index (κ3) is 3.30. The highest BCUT2D eigenvalue weighted by molar-refractivity contribution is 8.05. The minimum absolute atomic E-state index is 0.0101. The average Bonchev–Trinajstić information content (AvgIpc) is 3.04. The second-order valence-electron chi connectivity index (χ2n) is 5.29. The number of aliphatic hydroxyl groups excluding tert-OH is 1. The number of methoxy groups -OCH3 is 1. The highest BCUT2D eigenvalue weighted by atomic mass is 32.2. The van der Waals surface area contributed by atoms with E-state index in [9.17, 15) is 13.5 Å². The van der Waals surface area contributed by atoms with Crippen LogP contribution in [0.5, 0.6) is 5.75 Å². The van der Waals surface area contributed by atoms with E-state index in [0.29, 0.717) is 28.1 Å². The van der Waals surface area contributed by atoms with Gasteiger partial charge in [-0.05, 0) is 35.4 Å². The van der Waals surface area contributed by atoms with Gasteiger partial charge in [0, 0.05) is 18.3 Å². The van der Waals surface area contributed by atoms with Gasteiger partial charge in [0.05, 0.1) is 26.0 Å². The number of aliphatic imine (C=N–C) groups is 1. The van der Waals surface area contributed by atoms with Crippen molar-refractivity contribution < 1.29 is 18.3 Å². The zero-order valence-electron chi connectivity index (χ0n) is 13.1. The van der Waals surface area contributed by atoms with Crippen molar-refractivity contribution in [2.75, 3.05) is 7.11 Å². The molecule has 0 unspecified atom stereocenters. The molecule has 8 heteroatoms. The molecule has 3 rings (SSSR count). The molecule has 2 heterocycles. The maximum atomic E-state index is 12.5. The number of fused-ring (bicyclic) bond motifs is 1. The van der Waals surface area contributed by atoms with Gasteiger partial charge in [0.15, 0.2) is 5.04 Å². The van der Waals surface area contributed by atoms with Gasteiger partial charge in [-0.3, -0.25) is 9.98 Å². The van der Waals surface area contributed by atoms with Crippen LogP contribution >= 0.6 is 0 Å². The molecule has 0 bridgehead atoms. The van der Waals surface area contributed by atoms with Crippen LogP contribution in [0.4, 0.5) is 0 Å². The lowest BCUT2D eigenvalue weighted by molar-refractivity contribution is 0.281. The van der Waals surface area contributed by atoms with Gasteiger partial charge in [0.1, 0.15) is 5.75 Å². The first kappa shape index (κ1) is 16.6. The fraction of sp³-hybridized carbons (Fsp3) is 0.250. The number of hydrogen-bond donors (Lipinski definition) is 2. The summed E-state index contributed by atoms with van der Waals surface area (Å²) in [5, 5.41) is 9.28. The second kappa shape index (κ2) is 6.68. The summed E-state index contributed by atoms with van der Waals surface area (Å²) in [5.74, 6) is 0.559. The topological polar surface area (TPSA) is 101 Å². The Bertz CT molecular complexity index is 872. The van der Waals surface area contributed by atoms with E-state index in [0.717, 1.165) is 0 Å². The maximum Gasteiger partial charge on any atom is 0.258 e. The summed E-state index contributed by atoms with van der Waals surface area (Å²) >= 11 is 0. The first-order valence-corrected chi connectivity index (χ1v) is 8.78. The Labute approximate surface area is 140 Å². The number of hydrogen-bond acceptors (Lipinski definition) is 6. The summed E-state index contributed by atoms with van der Waals surface area (Å²) in [5.41, 5.74) is 2.52. The molecule has 0 aliphatic carbocycles. The van der Waals surface area contributed by atoms with Crippen LogP contribution in [-0.2, 0) is 29.7 Å². The molecule has 2 aromatic rings. The Morgan fingerprint density at radius 1 is 1.29 bits per heavy atom. The van der Waals surface area contributed by atoms with Gasteiger partial charge in [0.25, 0.3) is 10.0 Å². The summed E-state index contributed by atoms with van der Waals surface area (Å²) in [6.07, 6.45) is 1.62. The van der Waals surface area contributed by atoms with Gasteiger partial charge in [-0.25, -0.2) is 13.1 Å². The van der Waals surface area contributed by atoms with Crippen LogP contribution in [-0.4, -0.2) is 30.7 Å². The van der Waals surface area contributed by atoms with Crippen molar-refractivity contribution in [2.24, 2.45) is 4.99 Å². The number of sulfonamides is 1. The standard InChI is InChI=1S/C16H17N3O4S/c1-23-13-6-11(5-12(7-13)10-20)8-19-24(21,22)16-14-3-2-4-17-15(14)9-18-16/h2-7,19-20H,8-10H2,1H3. The molecule has 0 saturated carbocycles. The molecule has 0 spiro atoms. The third-order valence-corrected chi connectivity index (χ3v) is 5.04. The zero-order valence-corrected chi connectivity index (χ0v) is 13.9. The molecule has 1 aliphatic rings. The third-order valence-electron chi connectivity index (χ3n) is 3.66. The van der Waals surface area contributed by atoms with Gasteiger partial charge in [-0.1, -0.05) is 6.07 Å². The first-order valence-electron chi connectivity index (χ1n) is 7.29. The Morgan fingerprint density at radius 2 is 2.08 bits per heavy atom. The number of rotatable bonds is 5. The smallest absolute Gasteiger partial charge is 0.258 e. The van der Waals surface area contributed by atoms with E-state index in [2.05, 4.69) is 14.7 Å². The van der Waals surface area contributed by atoms with Gasteiger partial charge >= 0.3 is 0 Å². The van der Waals surface area contributed by atoms with E-state index in [1.807, 2.05) is 0 Å². The molecule has 0 fully saturated rings. The largest absolute Gasteiger partial charge is 0.497 e. The first-order chi connectivity index (χ1) is 11.5. The zero-order chi connectivity index (χ0) is 17.2. The molecular weight excluding hydrogens is 330 g/mol. The second-order valence-corrected chi connectivity index (χ2v) is 6.97. The van der Waals surface area contributed by atoms with E-state index < -0.39 is 10.0 Å². The van der Waals surface area contributed by atoms with Crippen LogP contribution in [0, 0.1) is 0 Å². The summed E-state index contributed by atoms with van der Waals surface area (Å²) in [7, 11) is -2.24. The molecule has 0 saturated heterocycles. The van der Waals surface area contributed by atoms with E-state index in [1.165, 1.54) is 7.11 Å². The van der Waals surface area contributed by atoms with Crippen molar-refractivity contribution in [3.63, 3.8) is 0 Å². The number of nitrogens with zero attached hydrogens (tertiary/aromatic N) is 2. The van der Waals surface area contributed by atoms with Crippen LogP contribution in [0.15, 0.2) is 41.5 Å². The summed E-state index contributed by atoms with van der Waals surface area (Å²) in [6.45, 7) is 0.185. The summed E-state index contributed by atoms with van der Waals surface area (Å²) in [4.78, 5) is 8.23. The lowest BCUT2D eigenvalue weighted by Crippen LogP contribution is -2.30. The Balaban J connectivity index is 1.80. The van der Waals surface area contributed by atoms with Crippen molar-refractivity contribution >= 4 is 15.1 Å². The molecule has 0 atom stereocenters. The number of aliphatic hydroxyl groups is 1. The van der Waals surface area contributed by atoms with Gasteiger partial charge < -0.3 is 9.84 Å². The quantitative estimate of drug-likeness (QED) is 0.839. The van der Waals surface area contributed by atoms with Crippen molar-refractivity contribution in [3.8, 4) is 5.75 Å². The number of benzene rings is 1.